The van der Waals surface area contributed by atoms with Gasteiger partial charge in [0.15, 0.2) is 0 Å². The summed E-state index contributed by atoms with van der Waals surface area (Å²) in [7, 11) is 0. The first kappa shape index (κ1) is 19.7. The van der Waals surface area contributed by atoms with Gasteiger partial charge in [-0.2, -0.15) is 0 Å². The molecule has 0 aliphatic carbocycles. The van der Waals surface area contributed by atoms with Crippen molar-refractivity contribution in [3.8, 4) is 0 Å². The second-order valence-electron chi connectivity index (χ2n) is 8.34. The van der Waals surface area contributed by atoms with E-state index in [0.717, 1.165) is 37.8 Å². The maximum absolute atomic E-state index is 13.4. The molecule has 2 amide bonds. The lowest BCUT2D eigenvalue weighted by atomic mass is 9.87. The maximum Gasteiger partial charge on any atom is 0.253 e. The van der Waals surface area contributed by atoms with Crippen molar-refractivity contribution in [1.29, 1.82) is 0 Å². The molecule has 2 aromatic carbocycles. The number of hydrogen-bond acceptors (Lipinski definition) is 2. The molecule has 1 fully saturated rings. The molecule has 2 aliphatic rings. The van der Waals surface area contributed by atoms with Gasteiger partial charge in [-0.05, 0) is 55.9 Å². The van der Waals surface area contributed by atoms with Crippen LogP contribution in [0, 0.1) is 12.8 Å². The largest absolute Gasteiger partial charge is 0.339 e. The van der Waals surface area contributed by atoms with Crippen molar-refractivity contribution >= 4 is 11.8 Å². The third-order valence-electron chi connectivity index (χ3n) is 6.48. The van der Waals surface area contributed by atoms with E-state index in [9.17, 15) is 9.59 Å². The van der Waals surface area contributed by atoms with Gasteiger partial charge in [-0.1, -0.05) is 48.9 Å². The highest BCUT2D eigenvalue weighted by Crippen LogP contribution is 2.35. The first-order chi connectivity index (χ1) is 14.1. The predicted octanol–water partition coefficient (Wildman–Crippen LogP) is 4.38. The summed E-state index contributed by atoms with van der Waals surface area (Å²) in [4.78, 5) is 30.0. The molecule has 0 N–H and O–H groups in total. The van der Waals surface area contributed by atoms with Gasteiger partial charge in [-0.3, -0.25) is 9.59 Å². The number of hydrogen-bond donors (Lipinski definition) is 0. The number of benzene rings is 2. The lowest BCUT2D eigenvalue weighted by Crippen LogP contribution is -2.47. The molecule has 1 unspecified atom stereocenters. The number of rotatable bonds is 3. The average molecular weight is 391 g/mol. The SMILES string of the molecule is CCC1c2ccc(C)cc2CCN1C(=O)C1CCN(C(=O)c2ccccc2)CC1. The highest BCUT2D eigenvalue weighted by molar-refractivity contribution is 5.94. The van der Waals surface area contributed by atoms with Crippen LogP contribution in [-0.2, 0) is 11.2 Å². The van der Waals surface area contributed by atoms with Crippen molar-refractivity contribution < 1.29 is 9.59 Å². The third-order valence-corrected chi connectivity index (χ3v) is 6.48. The van der Waals surface area contributed by atoms with Crippen LogP contribution in [0.1, 0.15) is 59.3 Å². The molecule has 0 radical (unpaired) electrons. The zero-order chi connectivity index (χ0) is 20.4. The number of piperidine rings is 1. The van der Waals surface area contributed by atoms with E-state index in [4.69, 9.17) is 0 Å². The zero-order valence-corrected chi connectivity index (χ0v) is 17.4. The van der Waals surface area contributed by atoms with Crippen LogP contribution in [0.3, 0.4) is 0 Å². The fourth-order valence-electron chi connectivity index (χ4n) is 4.87. The van der Waals surface area contributed by atoms with Crippen LogP contribution in [0.15, 0.2) is 48.5 Å². The predicted molar refractivity (Wildman–Crippen MR) is 115 cm³/mol. The standard InChI is InChI=1S/C25H30N2O2/c1-3-23-22-10-9-18(2)17-21(22)13-16-27(23)25(29)20-11-14-26(15-12-20)24(28)19-7-5-4-6-8-19/h4-10,17,20,23H,3,11-16H2,1-2H3. The minimum Gasteiger partial charge on any atom is -0.339 e. The summed E-state index contributed by atoms with van der Waals surface area (Å²) in [5.41, 5.74) is 4.72. The van der Waals surface area contributed by atoms with E-state index in [1.54, 1.807) is 0 Å². The number of fused-ring (bicyclic) bond motifs is 1. The summed E-state index contributed by atoms with van der Waals surface area (Å²) in [5, 5.41) is 0. The Hall–Kier alpha value is -2.62. The first-order valence-electron chi connectivity index (χ1n) is 10.8. The zero-order valence-electron chi connectivity index (χ0n) is 17.4. The summed E-state index contributed by atoms with van der Waals surface area (Å²) in [5.74, 6) is 0.371. The molecular weight excluding hydrogens is 360 g/mol. The van der Waals surface area contributed by atoms with E-state index < -0.39 is 0 Å². The second kappa shape index (κ2) is 8.40. The van der Waals surface area contributed by atoms with Crippen LogP contribution in [-0.4, -0.2) is 41.2 Å². The van der Waals surface area contributed by atoms with E-state index in [0.29, 0.717) is 13.1 Å². The highest BCUT2D eigenvalue weighted by Gasteiger charge is 2.35. The molecule has 4 nitrogen and oxygen atoms in total. The van der Waals surface area contributed by atoms with Crippen molar-refractivity contribution in [3.63, 3.8) is 0 Å². The molecule has 0 bridgehead atoms. The van der Waals surface area contributed by atoms with E-state index >= 15 is 0 Å². The van der Waals surface area contributed by atoms with Gasteiger partial charge in [0, 0.05) is 31.1 Å². The first-order valence-corrected chi connectivity index (χ1v) is 10.8. The Morgan fingerprint density at radius 2 is 1.72 bits per heavy atom. The lowest BCUT2D eigenvalue weighted by Gasteiger charge is -2.41. The average Bonchev–Trinajstić information content (AvgIpc) is 2.77. The van der Waals surface area contributed by atoms with Crippen LogP contribution in [0.2, 0.25) is 0 Å². The molecule has 0 saturated carbocycles. The van der Waals surface area contributed by atoms with Crippen molar-refractivity contribution in [2.75, 3.05) is 19.6 Å². The molecular formula is C25H30N2O2. The van der Waals surface area contributed by atoms with Gasteiger partial charge < -0.3 is 9.80 Å². The molecule has 4 rings (SSSR count). The van der Waals surface area contributed by atoms with Crippen LogP contribution in [0.25, 0.3) is 0 Å². The van der Waals surface area contributed by atoms with Crippen LogP contribution >= 0.6 is 0 Å². The number of aryl methyl sites for hydroxylation is 1. The lowest BCUT2D eigenvalue weighted by molar-refractivity contribution is -0.140. The molecule has 2 aromatic rings. The van der Waals surface area contributed by atoms with Gasteiger partial charge in [0.05, 0.1) is 6.04 Å². The Bertz CT molecular complexity index is 885. The molecule has 152 valence electrons. The summed E-state index contributed by atoms with van der Waals surface area (Å²) >= 11 is 0. The Morgan fingerprint density at radius 1 is 1.00 bits per heavy atom. The molecule has 4 heteroatoms. The molecule has 29 heavy (non-hydrogen) atoms. The minimum atomic E-state index is 0.0240. The molecule has 2 aliphatic heterocycles. The highest BCUT2D eigenvalue weighted by atomic mass is 16.2. The summed E-state index contributed by atoms with van der Waals surface area (Å²) in [6.45, 7) is 6.41. The summed E-state index contributed by atoms with van der Waals surface area (Å²) in [6.07, 6.45) is 3.38. The van der Waals surface area contributed by atoms with Gasteiger partial charge in [-0.25, -0.2) is 0 Å². The molecule has 1 atom stereocenters. The van der Waals surface area contributed by atoms with E-state index in [-0.39, 0.29) is 23.8 Å². The molecule has 1 saturated heterocycles. The molecule has 2 heterocycles. The Kier molecular flexibility index (Phi) is 5.70. The monoisotopic (exact) mass is 390 g/mol. The van der Waals surface area contributed by atoms with Crippen molar-refractivity contribution in [2.24, 2.45) is 5.92 Å². The number of likely N-dealkylation sites (tertiary alicyclic amines) is 1. The van der Waals surface area contributed by atoms with Crippen molar-refractivity contribution in [3.05, 3.63) is 70.8 Å². The van der Waals surface area contributed by atoms with Crippen molar-refractivity contribution in [2.45, 2.75) is 45.6 Å². The number of carbonyl (C=O) groups excluding carboxylic acids is 2. The number of carbonyl (C=O) groups is 2. The Balaban J connectivity index is 1.42. The Morgan fingerprint density at radius 3 is 2.41 bits per heavy atom. The van der Waals surface area contributed by atoms with Gasteiger partial charge in [0.1, 0.15) is 0 Å². The smallest absolute Gasteiger partial charge is 0.253 e. The fraction of sp³-hybridized carbons (Fsp3) is 0.440. The quantitative estimate of drug-likeness (QED) is 0.780. The number of nitrogens with zero attached hydrogens (tertiary/aromatic N) is 2. The third kappa shape index (κ3) is 3.93. The van der Waals surface area contributed by atoms with E-state index in [2.05, 4.69) is 36.9 Å². The summed E-state index contributed by atoms with van der Waals surface area (Å²) < 4.78 is 0. The Labute approximate surface area is 173 Å². The van der Waals surface area contributed by atoms with Gasteiger partial charge in [0.2, 0.25) is 5.91 Å². The fourth-order valence-corrected chi connectivity index (χ4v) is 4.87. The van der Waals surface area contributed by atoms with Crippen molar-refractivity contribution in [1.82, 2.24) is 9.80 Å². The van der Waals surface area contributed by atoms with Gasteiger partial charge in [-0.15, -0.1) is 0 Å². The molecule has 0 spiro atoms. The van der Waals surface area contributed by atoms with Crippen LogP contribution in [0.4, 0.5) is 0 Å². The molecule has 0 aromatic heterocycles. The van der Waals surface area contributed by atoms with Gasteiger partial charge in [0.25, 0.3) is 5.91 Å². The normalized spacial score (nSPS) is 19.7. The van der Waals surface area contributed by atoms with E-state index in [1.807, 2.05) is 35.2 Å². The van der Waals surface area contributed by atoms with Crippen LogP contribution < -0.4 is 0 Å². The van der Waals surface area contributed by atoms with Gasteiger partial charge >= 0.3 is 0 Å². The maximum atomic E-state index is 13.4. The summed E-state index contributed by atoms with van der Waals surface area (Å²) in [6, 6.07) is 16.2. The minimum absolute atomic E-state index is 0.0240. The van der Waals surface area contributed by atoms with E-state index in [1.165, 1.54) is 16.7 Å². The number of amides is 2. The second-order valence-corrected chi connectivity index (χ2v) is 8.34. The topological polar surface area (TPSA) is 40.6 Å². The van der Waals surface area contributed by atoms with Crippen LogP contribution in [0.5, 0.6) is 0 Å².